The molecule has 1 aliphatic rings. The highest BCUT2D eigenvalue weighted by Gasteiger charge is 2.21. The number of nitrogens with zero attached hydrogens (tertiary/aromatic N) is 7. The molecule has 0 aliphatic carbocycles. The molecule has 0 N–H and O–H groups in total. The molecule has 3 heterocycles. The molecule has 8 heteroatoms. The van der Waals surface area contributed by atoms with E-state index in [1.165, 1.54) is 17.9 Å². The molecule has 25 heavy (non-hydrogen) atoms. The summed E-state index contributed by atoms with van der Waals surface area (Å²) >= 11 is 2.03. The molecule has 1 saturated heterocycles. The number of thioether (sulfide) groups is 1. The Kier molecular flexibility index (Phi) is 5.90. The molecule has 0 radical (unpaired) electrons. The van der Waals surface area contributed by atoms with Crippen molar-refractivity contribution in [2.24, 2.45) is 5.92 Å². The van der Waals surface area contributed by atoms with Crippen LogP contribution in [0.25, 0.3) is 11.5 Å². The van der Waals surface area contributed by atoms with Gasteiger partial charge in [0.05, 0.1) is 0 Å². The fourth-order valence-electron chi connectivity index (χ4n) is 2.79. The molecule has 2 aromatic rings. The largest absolute Gasteiger partial charge is 0.361 e. The molecule has 7 nitrogen and oxygen atoms in total. The van der Waals surface area contributed by atoms with Crippen molar-refractivity contribution in [1.82, 2.24) is 29.9 Å². The lowest BCUT2D eigenvalue weighted by molar-refractivity contribution is 0.406. The number of hydrogen-bond acceptors (Lipinski definition) is 7. The molecular formula is C17H27N7S. The van der Waals surface area contributed by atoms with E-state index in [0.29, 0.717) is 5.92 Å². The first-order valence-electron chi connectivity index (χ1n) is 8.70. The Bertz CT molecular complexity index is 675. The lowest BCUT2D eigenvalue weighted by Crippen LogP contribution is -2.16. The summed E-state index contributed by atoms with van der Waals surface area (Å²) in [5.41, 5.74) is 0.792. The first kappa shape index (κ1) is 18.1. The Morgan fingerprint density at radius 2 is 2.04 bits per heavy atom. The van der Waals surface area contributed by atoms with Gasteiger partial charge >= 0.3 is 0 Å². The highest BCUT2D eigenvalue weighted by atomic mass is 32.2. The van der Waals surface area contributed by atoms with E-state index in [2.05, 4.69) is 29.2 Å². The molecule has 1 atom stereocenters. The van der Waals surface area contributed by atoms with Gasteiger partial charge in [0.1, 0.15) is 5.69 Å². The number of anilines is 1. The van der Waals surface area contributed by atoms with Gasteiger partial charge in [-0.1, -0.05) is 0 Å². The number of rotatable bonds is 7. The van der Waals surface area contributed by atoms with Crippen LogP contribution in [0.5, 0.6) is 0 Å². The van der Waals surface area contributed by atoms with Crippen LogP contribution in [-0.4, -0.2) is 76.1 Å². The molecule has 2 aromatic heterocycles. The molecule has 1 aliphatic heterocycles. The summed E-state index contributed by atoms with van der Waals surface area (Å²) in [7, 11) is 8.06. The summed E-state index contributed by atoms with van der Waals surface area (Å²) in [5, 5.41) is 13.4. The van der Waals surface area contributed by atoms with E-state index in [4.69, 9.17) is 10.1 Å². The Morgan fingerprint density at radius 3 is 2.64 bits per heavy atom. The number of hydrogen-bond donors (Lipinski definition) is 0. The van der Waals surface area contributed by atoms with Crippen LogP contribution in [0, 0.1) is 5.92 Å². The van der Waals surface area contributed by atoms with E-state index in [0.717, 1.165) is 42.7 Å². The first-order chi connectivity index (χ1) is 12.0. The van der Waals surface area contributed by atoms with E-state index in [1.54, 1.807) is 0 Å². The summed E-state index contributed by atoms with van der Waals surface area (Å²) in [6.45, 7) is 1.85. The van der Waals surface area contributed by atoms with Crippen LogP contribution in [0.1, 0.15) is 12.2 Å². The number of aromatic nitrogens is 5. The molecule has 1 unspecified atom stereocenters. The van der Waals surface area contributed by atoms with E-state index in [-0.39, 0.29) is 0 Å². The van der Waals surface area contributed by atoms with Gasteiger partial charge < -0.3 is 9.80 Å². The summed E-state index contributed by atoms with van der Waals surface area (Å²) in [5.74, 6) is 5.68. The summed E-state index contributed by atoms with van der Waals surface area (Å²) < 4.78 is 2.04. The van der Waals surface area contributed by atoms with Gasteiger partial charge in [-0.15, -0.1) is 10.2 Å². The van der Waals surface area contributed by atoms with Crippen LogP contribution in [-0.2, 0) is 13.0 Å². The lowest BCUT2D eigenvalue weighted by Gasteiger charge is -2.12. The Hall–Kier alpha value is -1.67. The van der Waals surface area contributed by atoms with Crippen LogP contribution < -0.4 is 4.90 Å². The van der Waals surface area contributed by atoms with Crippen molar-refractivity contribution in [2.75, 3.05) is 51.1 Å². The second-order valence-corrected chi connectivity index (χ2v) is 8.14. The normalized spacial score (nSPS) is 17.4. The molecular weight excluding hydrogens is 334 g/mol. The smallest absolute Gasteiger partial charge is 0.178 e. The lowest BCUT2D eigenvalue weighted by atomic mass is 10.1. The third kappa shape index (κ3) is 4.70. The second kappa shape index (κ2) is 8.14. The zero-order valence-corrected chi connectivity index (χ0v) is 16.3. The highest BCUT2D eigenvalue weighted by Crippen LogP contribution is 2.26. The minimum atomic E-state index is 0.668. The summed E-state index contributed by atoms with van der Waals surface area (Å²) in [4.78, 5) is 8.87. The minimum Gasteiger partial charge on any atom is -0.361 e. The predicted octanol–water partition coefficient (Wildman–Crippen LogP) is 1.66. The van der Waals surface area contributed by atoms with E-state index < -0.39 is 0 Å². The fourth-order valence-corrected chi connectivity index (χ4v) is 4.06. The molecule has 0 aromatic carbocycles. The first-order valence-corrected chi connectivity index (χ1v) is 9.86. The fraction of sp³-hybridized carbons (Fsp3) is 0.647. The predicted molar refractivity (Wildman–Crippen MR) is 103 cm³/mol. The zero-order chi connectivity index (χ0) is 17.8. The van der Waals surface area contributed by atoms with Crippen molar-refractivity contribution in [3.05, 3.63) is 18.0 Å². The van der Waals surface area contributed by atoms with Crippen LogP contribution in [0.2, 0.25) is 0 Å². The van der Waals surface area contributed by atoms with Gasteiger partial charge in [0.15, 0.2) is 17.5 Å². The van der Waals surface area contributed by atoms with Crippen LogP contribution in [0.3, 0.4) is 0 Å². The van der Waals surface area contributed by atoms with Gasteiger partial charge in [0.2, 0.25) is 0 Å². The highest BCUT2D eigenvalue weighted by molar-refractivity contribution is 7.99. The van der Waals surface area contributed by atoms with Gasteiger partial charge in [0, 0.05) is 33.6 Å². The average molecular weight is 362 g/mol. The van der Waals surface area contributed by atoms with Crippen molar-refractivity contribution in [3.63, 3.8) is 0 Å². The molecule has 136 valence electrons. The molecule has 0 saturated carbocycles. The Morgan fingerprint density at radius 1 is 1.20 bits per heavy atom. The van der Waals surface area contributed by atoms with Crippen molar-refractivity contribution >= 4 is 17.6 Å². The molecule has 1 fully saturated rings. The van der Waals surface area contributed by atoms with E-state index in [1.807, 2.05) is 47.6 Å². The standard InChI is InChI=1S/C17H27N7S/c1-22(2)9-7-15-18-17(14-5-6-16(20-19-14)23(3)4)24(21-15)11-13-8-10-25-12-13/h5-6,13H,7-12H2,1-4H3. The Labute approximate surface area is 153 Å². The topological polar surface area (TPSA) is 63.0 Å². The van der Waals surface area contributed by atoms with Gasteiger partial charge in [-0.05, 0) is 50.1 Å². The van der Waals surface area contributed by atoms with Gasteiger partial charge in [-0.2, -0.15) is 16.9 Å². The minimum absolute atomic E-state index is 0.668. The Balaban J connectivity index is 1.85. The molecule has 0 amide bonds. The van der Waals surface area contributed by atoms with E-state index >= 15 is 0 Å². The summed E-state index contributed by atoms with van der Waals surface area (Å²) in [6, 6.07) is 3.97. The molecule has 3 rings (SSSR count). The maximum atomic E-state index is 4.77. The van der Waals surface area contributed by atoms with Crippen LogP contribution >= 0.6 is 11.8 Å². The zero-order valence-electron chi connectivity index (χ0n) is 15.5. The maximum absolute atomic E-state index is 4.77. The van der Waals surface area contributed by atoms with Crippen molar-refractivity contribution in [2.45, 2.75) is 19.4 Å². The van der Waals surface area contributed by atoms with Gasteiger partial charge in [-0.3, -0.25) is 0 Å². The van der Waals surface area contributed by atoms with Gasteiger partial charge in [-0.25, -0.2) is 9.67 Å². The second-order valence-electron chi connectivity index (χ2n) is 6.99. The average Bonchev–Trinajstić information content (AvgIpc) is 3.23. The summed E-state index contributed by atoms with van der Waals surface area (Å²) in [6.07, 6.45) is 2.10. The molecule has 0 spiro atoms. The number of likely N-dealkylation sites (N-methyl/N-ethyl adjacent to an activating group) is 1. The van der Waals surface area contributed by atoms with E-state index in [9.17, 15) is 0 Å². The van der Waals surface area contributed by atoms with Gasteiger partial charge in [0.25, 0.3) is 0 Å². The van der Waals surface area contributed by atoms with Crippen LogP contribution in [0.15, 0.2) is 12.1 Å². The van der Waals surface area contributed by atoms with Crippen LogP contribution in [0.4, 0.5) is 5.82 Å². The third-order valence-corrected chi connectivity index (χ3v) is 5.52. The van der Waals surface area contributed by atoms with Crippen molar-refractivity contribution < 1.29 is 0 Å². The monoisotopic (exact) mass is 361 g/mol. The SMILES string of the molecule is CN(C)CCc1nc(-c2ccc(N(C)C)nn2)n(CC2CCSC2)n1. The van der Waals surface area contributed by atoms with Crippen molar-refractivity contribution in [1.29, 1.82) is 0 Å². The molecule has 0 bridgehead atoms. The third-order valence-electron chi connectivity index (χ3n) is 4.29. The van der Waals surface area contributed by atoms with Crippen molar-refractivity contribution in [3.8, 4) is 11.5 Å². The quantitative estimate of drug-likeness (QED) is 0.743. The maximum Gasteiger partial charge on any atom is 0.178 e.